The monoisotopic (exact) mass is 249 g/mol. The van der Waals surface area contributed by atoms with Crippen LogP contribution >= 0.6 is 0 Å². The van der Waals surface area contributed by atoms with Crippen LogP contribution < -0.4 is 5.32 Å². The minimum Gasteiger partial charge on any atom is -0.459 e. The summed E-state index contributed by atoms with van der Waals surface area (Å²) in [6.07, 6.45) is 3.13. The van der Waals surface area contributed by atoms with E-state index in [2.05, 4.69) is 25.9 Å². The van der Waals surface area contributed by atoms with Gasteiger partial charge in [-0.1, -0.05) is 18.6 Å². The lowest BCUT2D eigenvalue weighted by molar-refractivity contribution is 0.0903. The molecule has 18 heavy (non-hydrogen) atoms. The molecule has 2 heterocycles. The molecular weight excluding hydrogens is 234 g/mol. The second-order valence-corrected chi connectivity index (χ2v) is 4.02. The first-order valence-corrected chi connectivity index (χ1v) is 5.80. The third kappa shape index (κ3) is 2.55. The molecule has 7 heteroatoms. The predicted octanol–water partition coefficient (Wildman–Crippen LogP) is 1.37. The van der Waals surface area contributed by atoms with Gasteiger partial charge in [0.1, 0.15) is 0 Å². The van der Waals surface area contributed by atoms with Crippen LogP contribution in [0.4, 0.5) is 0 Å². The van der Waals surface area contributed by atoms with Gasteiger partial charge < -0.3 is 9.73 Å². The number of aryl methyl sites for hydroxylation is 1. The fourth-order valence-electron chi connectivity index (χ4n) is 1.70. The van der Waals surface area contributed by atoms with Gasteiger partial charge in [-0.3, -0.25) is 4.79 Å². The SMILES string of the molecule is CCC[C@H](NC(=O)c1occc1C)c1nn[nH]n1. The quantitative estimate of drug-likeness (QED) is 0.834. The average molecular weight is 249 g/mol. The van der Waals surface area contributed by atoms with Crippen LogP contribution in [0.15, 0.2) is 16.7 Å². The lowest BCUT2D eigenvalue weighted by Gasteiger charge is -2.13. The number of nitrogens with one attached hydrogen (secondary N) is 2. The molecule has 0 unspecified atom stereocenters. The number of amides is 1. The molecule has 0 aliphatic rings. The Morgan fingerprint density at radius 2 is 2.44 bits per heavy atom. The number of hydrogen-bond donors (Lipinski definition) is 2. The van der Waals surface area contributed by atoms with E-state index < -0.39 is 0 Å². The van der Waals surface area contributed by atoms with Crippen molar-refractivity contribution >= 4 is 5.91 Å². The third-order valence-corrected chi connectivity index (χ3v) is 2.62. The van der Waals surface area contributed by atoms with Crippen molar-refractivity contribution in [3.63, 3.8) is 0 Å². The Hall–Kier alpha value is -2.18. The normalized spacial score (nSPS) is 12.3. The summed E-state index contributed by atoms with van der Waals surface area (Å²) < 4.78 is 5.15. The topological polar surface area (TPSA) is 96.7 Å². The minimum atomic E-state index is -0.263. The van der Waals surface area contributed by atoms with Crippen molar-refractivity contribution in [1.82, 2.24) is 25.9 Å². The fourth-order valence-corrected chi connectivity index (χ4v) is 1.70. The third-order valence-electron chi connectivity index (χ3n) is 2.62. The van der Waals surface area contributed by atoms with Crippen molar-refractivity contribution < 1.29 is 9.21 Å². The van der Waals surface area contributed by atoms with E-state index in [1.54, 1.807) is 6.07 Å². The molecule has 1 atom stereocenters. The van der Waals surface area contributed by atoms with Crippen molar-refractivity contribution in [1.29, 1.82) is 0 Å². The van der Waals surface area contributed by atoms with Crippen LogP contribution in [0, 0.1) is 6.92 Å². The molecule has 2 aromatic rings. The number of carbonyl (C=O) groups is 1. The Labute approximate surface area is 104 Å². The number of furan rings is 1. The Kier molecular flexibility index (Phi) is 3.71. The molecule has 0 spiro atoms. The number of nitrogens with zero attached hydrogens (tertiary/aromatic N) is 3. The maximum atomic E-state index is 12.0. The molecule has 0 bridgehead atoms. The molecule has 0 fully saturated rings. The van der Waals surface area contributed by atoms with Gasteiger partial charge >= 0.3 is 0 Å². The highest BCUT2D eigenvalue weighted by Gasteiger charge is 2.21. The smallest absolute Gasteiger partial charge is 0.287 e. The molecule has 0 radical (unpaired) electrons. The number of aromatic nitrogens is 4. The van der Waals surface area contributed by atoms with E-state index >= 15 is 0 Å². The van der Waals surface area contributed by atoms with E-state index in [1.165, 1.54) is 6.26 Å². The van der Waals surface area contributed by atoms with E-state index in [9.17, 15) is 4.79 Å². The number of tetrazole rings is 1. The Morgan fingerprint density at radius 1 is 1.61 bits per heavy atom. The Balaban J connectivity index is 2.10. The molecule has 2 N–H and O–H groups in total. The van der Waals surface area contributed by atoms with Gasteiger partial charge in [0, 0.05) is 5.56 Å². The number of aromatic amines is 1. The second kappa shape index (κ2) is 5.44. The van der Waals surface area contributed by atoms with Crippen molar-refractivity contribution in [2.45, 2.75) is 32.7 Å². The lowest BCUT2D eigenvalue weighted by Crippen LogP contribution is -2.29. The van der Waals surface area contributed by atoms with Crippen molar-refractivity contribution in [2.24, 2.45) is 0 Å². The largest absolute Gasteiger partial charge is 0.459 e. The standard InChI is InChI=1S/C11H15N5O2/c1-3-4-8(10-13-15-16-14-10)12-11(17)9-7(2)5-6-18-9/h5-6,8H,3-4H2,1-2H3,(H,12,17)(H,13,14,15,16)/t8-/m0/s1. The van der Waals surface area contributed by atoms with Crippen LogP contribution in [0.5, 0.6) is 0 Å². The van der Waals surface area contributed by atoms with Gasteiger partial charge in [0.25, 0.3) is 5.91 Å². The first-order chi connectivity index (χ1) is 8.72. The highest BCUT2D eigenvalue weighted by molar-refractivity contribution is 5.92. The zero-order chi connectivity index (χ0) is 13.0. The second-order valence-electron chi connectivity index (χ2n) is 4.02. The van der Waals surface area contributed by atoms with E-state index in [4.69, 9.17) is 4.42 Å². The van der Waals surface area contributed by atoms with Crippen LogP contribution in [0.2, 0.25) is 0 Å². The zero-order valence-corrected chi connectivity index (χ0v) is 10.3. The van der Waals surface area contributed by atoms with Gasteiger partial charge in [-0.2, -0.15) is 5.21 Å². The molecule has 0 saturated heterocycles. The summed E-state index contributed by atoms with van der Waals surface area (Å²) in [6.45, 7) is 3.85. The van der Waals surface area contributed by atoms with Crippen molar-refractivity contribution in [3.05, 3.63) is 29.5 Å². The highest BCUT2D eigenvalue weighted by Crippen LogP contribution is 2.15. The maximum Gasteiger partial charge on any atom is 0.287 e. The number of carbonyl (C=O) groups excluding carboxylic acids is 1. The molecule has 2 rings (SSSR count). The maximum absolute atomic E-state index is 12.0. The molecule has 0 aromatic carbocycles. The van der Waals surface area contributed by atoms with Crippen molar-refractivity contribution in [3.8, 4) is 0 Å². The summed E-state index contributed by atoms with van der Waals surface area (Å²) in [4.78, 5) is 12.0. The van der Waals surface area contributed by atoms with Crippen LogP contribution in [0.25, 0.3) is 0 Å². The van der Waals surface area contributed by atoms with Crippen LogP contribution in [-0.2, 0) is 0 Å². The molecule has 7 nitrogen and oxygen atoms in total. The molecule has 0 aliphatic carbocycles. The van der Waals surface area contributed by atoms with Gasteiger partial charge in [-0.15, -0.1) is 10.2 Å². The van der Waals surface area contributed by atoms with E-state index in [0.29, 0.717) is 11.6 Å². The highest BCUT2D eigenvalue weighted by atomic mass is 16.3. The molecule has 1 amide bonds. The predicted molar refractivity (Wildman–Crippen MR) is 62.7 cm³/mol. The number of hydrogen-bond acceptors (Lipinski definition) is 5. The molecule has 0 saturated carbocycles. The van der Waals surface area contributed by atoms with Gasteiger partial charge in [-0.25, -0.2) is 0 Å². The van der Waals surface area contributed by atoms with E-state index in [0.717, 1.165) is 18.4 Å². The number of rotatable bonds is 5. The summed E-state index contributed by atoms with van der Waals surface area (Å²) in [5, 5.41) is 16.5. The Morgan fingerprint density at radius 3 is 3.00 bits per heavy atom. The molecule has 0 aliphatic heterocycles. The lowest BCUT2D eigenvalue weighted by atomic mass is 10.1. The van der Waals surface area contributed by atoms with Crippen LogP contribution in [0.1, 0.15) is 47.7 Å². The van der Waals surface area contributed by atoms with Gasteiger partial charge in [0.2, 0.25) is 0 Å². The van der Waals surface area contributed by atoms with Gasteiger partial charge in [0.15, 0.2) is 11.6 Å². The summed E-state index contributed by atoms with van der Waals surface area (Å²) in [7, 11) is 0. The Bertz CT molecular complexity index is 505. The van der Waals surface area contributed by atoms with Crippen molar-refractivity contribution in [2.75, 3.05) is 0 Å². The summed E-state index contributed by atoms with van der Waals surface area (Å²) in [5.41, 5.74) is 0.802. The van der Waals surface area contributed by atoms with Crippen LogP contribution in [0.3, 0.4) is 0 Å². The van der Waals surface area contributed by atoms with Gasteiger partial charge in [-0.05, 0) is 19.4 Å². The summed E-state index contributed by atoms with van der Waals surface area (Å²) in [5.74, 6) is 0.537. The molecule has 96 valence electrons. The molecule has 2 aromatic heterocycles. The number of H-pyrrole nitrogens is 1. The van der Waals surface area contributed by atoms with Crippen LogP contribution in [-0.4, -0.2) is 26.5 Å². The summed E-state index contributed by atoms with van der Waals surface area (Å²) in [6, 6.07) is 1.49. The fraction of sp³-hybridized carbons (Fsp3) is 0.455. The molecular formula is C11H15N5O2. The summed E-state index contributed by atoms with van der Waals surface area (Å²) >= 11 is 0. The first-order valence-electron chi connectivity index (χ1n) is 5.80. The van der Waals surface area contributed by atoms with Gasteiger partial charge in [0.05, 0.1) is 12.3 Å². The zero-order valence-electron chi connectivity index (χ0n) is 10.3. The average Bonchev–Trinajstić information content (AvgIpc) is 2.98. The van der Waals surface area contributed by atoms with E-state index in [1.807, 2.05) is 13.8 Å². The first kappa shape index (κ1) is 12.3. The minimum absolute atomic E-state index is 0.259. The van der Waals surface area contributed by atoms with E-state index in [-0.39, 0.29) is 11.9 Å².